The molecular weight excluding hydrogens is 401 g/mol. The van der Waals surface area contributed by atoms with E-state index in [1.165, 1.54) is 17.4 Å². The Labute approximate surface area is 159 Å². The number of halogens is 2. The van der Waals surface area contributed by atoms with Gasteiger partial charge in [-0.2, -0.15) is 0 Å². The summed E-state index contributed by atoms with van der Waals surface area (Å²) in [5.74, 6) is -1.29. The highest BCUT2D eigenvalue weighted by Gasteiger charge is 2.15. The van der Waals surface area contributed by atoms with Crippen LogP contribution >= 0.6 is 22.9 Å². The molecule has 3 rings (SSSR count). The van der Waals surface area contributed by atoms with Crippen LogP contribution in [0.25, 0.3) is 11.3 Å². The van der Waals surface area contributed by atoms with Crippen molar-refractivity contribution in [2.75, 3.05) is 10.0 Å². The average molecular weight is 411 g/mol. The fraction of sp³-hybridized carbons (Fsp3) is 0. The van der Waals surface area contributed by atoms with Crippen molar-refractivity contribution in [2.24, 2.45) is 0 Å². The lowest BCUT2D eigenvalue weighted by Crippen LogP contribution is -2.15. The highest BCUT2D eigenvalue weighted by atomic mass is 35.5. The third-order valence-corrected chi connectivity index (χ3v) is 4.64. The number of nitrogens with one attached hydrogen (secondary N) is 2. The molecule has 2 aromatic carbocycles. The molecule has 0 radical (unpaired) electrons. The fourth-order valence-electron chi connectivity index (χ4n) is 2.16. The van der Waals surface area contributed by atoms with Gasteiger partial charge in [0, 0.05) is 27.2 Å². The van der Waals surface area contributed by atoms with Crippen molar-refractivity contribution in [3.05, 3.63) is 64.2 Å². The summed E-state index contributed by atoms with van der Waals surface area (Å²) >= 11 is 4.46. The molecule has 0 fully saturated rings. The third kappa shape index (κ3) is 4.44. The van der Waals surface area contributed by atoms with E-state index in [0.717, 1.165) is 17.7 Å². The molecule has 3 aromatic rings. The summed E-state index contributed by atoms with van der Waals surface area (Å²) < 4.78 is 36.9. The number of carbonyl (C=O) groups is 1. The number of rotatable bonds is 5. The van der Waals surface area contributed by atoms with Crippen LogP contribution in [0.1, 0.15) is 10.4 Å². The minimum atomic E-state index is -2.69. The van der Waals surface area contributed by atoms with Gasteiger partial charge in [0.25, 0.3) is 5.91 Å². The lowest BCUT2D eigenvalue weighted by molar-refractivity contribution is 0.102. The summed E-state index contributed by atoms with van der Waals surface area (Å²) in [4.78, 5) is 16.7. The highest BCUT2D eigenvalue weighted by Crippen LogP contribution is 2.27. The Kier molecular flexibility index (Phi) is 5.62. The van der Waals surface area contributed by atoms with E-state index < -0.39 is 23.0 Å². The Morgan fingerprint density at radius 2 is 2.08 bits per heavy atom. The first kappa shape index (κ1) is 18.5. The number of hydrogen-bond acceptors (Lipinski definition) is 5. The number of hydrogen-bond donors (Lipinski definition) is 2. The number of aromatic nitrogens is 1. The van der Waals surface area contributed by atoms with E-state index in [1.54, 1.807) is 23.6 Å². The molecule has 0 saturated carbocycles. The molecule has 1 heterocycles. The maximum absolute atomic E-state index is 13.3. The smallest absolute Gasteiger partial charge is 0.259 e. The summed E-state index contributed by atoms with van der Waals surface area (Å²) in [7, 11) is 0. The number of carbonyl (C=O) groups excluding carboxylic acids is 1. The van der Waals surface area contributed by atoms with Gasteiger partial charge in [0.2, 0.25) is 0 Å². The quantitative estimate of drug-likeness (QED) is 0.620. The number of thiazole rings is 1. The lowest BCUT2D eigenvalue weighted by Gasteiger charge is -2.13. The molecule has 0 spiro atoms. The van der Waals surface area contributed by atoms with Gasteiger partial charge in [-0.15, -0.1) is 11.3 Å². The first-order valence-corrected chi connectivity index (χ1v) is 9.44. The lowest BCUT2D eigenvalue weighted by atomic mass is 10.1. The molecule has 26 heavy (non-hydrogen) atoms. The monoisotopic (exact) mass is 410 g/mol. The predicted octanol–water partition coefficient (Wildman–Crippen LogP) is 4.06. The number of amides is 1. The van der Waals surface area contributed by atoms with E-state index in [0.29, 0.717) is 15.8 Å². The van der Waals surface area contributed by atoms with Crippen LogP contribution in [0.5, 0.6) is 0 Å². The van der Waals surface area contributed by atoms with Crippen LogP contribution in [0.3, 0.4) is 0 Å². The number of benzene rings is 2. The zero-order chi connectivity index (χ0) is 18.7. The standard InChI is InChI=1S/C16H11ClFN3O3S2/c17-10-3-1-2-9(6-10)14-8-25-16(19-14)20-15(22)12-5-4-11(18)7-13(12)21-26(23)24/h1-8,21H,(H,23,24)(H,19,20,22)/p-1. The van der Waals surface area contributed by atoms with Gasteiger partial charge < -0.3 is 9.27 Å². The largest absolute Gasteiger partial charge is 0.755 e. The molecule has 1 atom stereocenters. The minimum absolute atomic E-state index is 0.0323. The predicted molar refractivity (Wildman–Crippen MR) is 99.5 cm³/mol. The number of anilines is 2. The van der Waals surface area contributed by atoms with Crippen molar-refractivity contribution >= 4 is 50.9 Å². The van der Waals surface area contributed by atoms with Crippen LogP contribution in [0.2, 0.25) is 5.02 Å². The maximum Gasteiger partial charge on any atom is 0.259 e. The van der Waals surface area contributed by atoms with Crippen LogP contribution in [-0.4, -0.2) is 19.7 Å². The van der Waals surface area contributed by atoms with Gasteiger partial charge in [-0.05, 0) is 30.3 Å². The molecule has 0 aliphatic heterocycles. The summed E-state index contributed by atoms with van der Waals surface area (Å²) in [5, 5.41) is 5.19. The first-order chi connectivity index (χ1) is 12.4. The van der Waals surface area contributed by atoms with Gasteiger partial charge in [-0.1, -0.05) is 23.7 Å². The van der Waals surface area contributed by atoms with Crippen LogP contribution in [-0.2, 0) is 11.3 Å². The molecule has 0 aliphatic carbocycles. The van der Waals surface area contributed by atoms with Crippen LogP contribution in [0.15, 0.2) is 47.8 Å². The number of nitrogens with zero attached hydrogens (tertiary/aromatic N) is 1. The second-order valence-corrected chi connectivity index (χ2v) is 7.00. The Balaban J connectivity index is 1.82. The normalized spacial score (nSPS) is 11.8. The minimum Gasteiger partial charge on any atom is -0.755 e. The van der Waals surface area contributed by atoms with E-state index in [9.17, 15) is 17.9 Å². The zero-order valence-corrected chi connectivity index (χ0v) is 15.3. The van der Waals surface area contributed by atoms with Crippen LogP contribution in [0, 0.1) is 5.82 Å². The van der Waals surface area contributed by atoms with Crippen molar-refractivity contribution in [1.29, 1.82) is 0 Å². The van der Waals surface area contributed by atoms with E-state index in [2.05, 4.69) is 10.3 Å². The molecule has 0 aliphatic rings. The zero-order valence-electron chi connectivity index (χ0n) is 12.9. The van der Waals surface area contributed by atoms with Crippen molar-refractivity contribution < 1.29 is 17.9 Å². The van der Waals surface area contributed by atoms with E-state index in [4.69, 9.17) is 11.6 Å². The molecule has 6 nitrogen and oxygen atoms in total. The van der Waals surface area contributed by atoms with Crippen molar-refractivity contribution in [3.63, 3.8) is 0 Å². The molecule has 134 valence electrons. The van der Waals surface area contributed by atoms with Crippen molar-refractivity contribution in [2.45, 2.75) is 0 Å². The summed E-state index contributed by atoms with van der Waals surface area (Å²) in [6.45, 7) is 0. The summed E-state index contributed by atoms with van der Waals surface area (Å²) in [5.41, 5.74) is 1.23. The van der Waals surface area contributed by atoms with E-state index in [1.807, 2.05) is 10.8 Å². The molecule has 10 heteroatoms. The maximum atomic E-state index is 13.3. The summed E-state index contributed by atoms with van der Waals surface area (Å²) in [6, 6.07) is 10.3. The molecule has 0 saturated heterocycles. The molecule has 2 N–H and O–H groups in total. The van der Waals surface area contributed by atoms with Crippen LogP contribution < -0.4 is 10.0 Å². The Hall–Kier alpha value is -2.33. The molecule has 1 amide bonds. The fourth-order valence-corrected chi connectivity index (χ4v) is 3.42. The van der Waals surface area contributed by atoms with Gasteiger partial charge in [-0.25, -0.2) is 9.37 Å². The Bertz CT molecular complexity index is 996. The van der Waals surface area contributed by atoms with E-state index in [-0.39, 0.29) is 11.3 Å². The van der Waals surface area contributed by atoms with Crippen LogP contribution in [0.4, 0.5) is 15.2 Å². The third-order valence-electron chi connectivity index (χ3n) is 3.26. The summed E-state index contributed by atoms with van der Waals surface area (Å²) in [6.07, 6.45) is 0. The van der Waals surface area contributed by atoms with Gasteiger partial charge in [-0.3, -0.25) is 14.3 Å². The average Bonchev–Trinajstić information content (AvgIpc) is 3.03. The SMILES string of the molecule is O=C(Nc1nc(-c2cccc(Cl)c2)cs1)c1ccc(F)cc1NS(=O)[O-]. The highest BCUT2D eigenvalue weighted by molar-refractivity contribution is 7.80. The molecule has 1 aromatic heterocycles. The molecule has 1 unspecified atom stereocenters. The van der Waals surface area contributed by atoms with Crippen molar-refractivity contribution in [3.8, 4) is 11.3 Å². The van der Waals surface area contributed by atoms with Gasteiger partial charge in [0.1, 0.15) is 5.82 Å². The molecule has 0 bridgehead atoms. The van der Waals surface area contributed by atoms with Gasteiger partial charge in [0.15, 0.2) is 5.13 Å². The Morgan fingerprint density at radius 1 is 1.27 bits per heavy atom. The Morgan fingerprint density at radius 3 is 2.81 bits per heavy atom. The van der Waals surface area contributed by atoms with Gasteiger partial charge in [0.05, 0.1) is 16.9 Å². The first-order valence-electron chi connectivity index (χ1n) is 7.10. The topological polar surface area (TPSA) is 94.2 Å². The van der Waals surface area contributed by atoms with Gasteiger partial charge >= 0.3 is 0 Å². The van der Waals surface area contributed by atoms with E-state index >= 15 is 0 Å². The second-order valence-electron chi connectivity index (χ2n) is 5.03. The second kappa shape index (κ2) is 7.92. The van der Waals surface area contributed by atoms with Crippen molar-refractivity contribution in [1.82, 2.24) is 4.98 Å². The molecular formula is C16H10ClFN3O3S2-.